The molecule has 1 unspecified atom stereocenters. The average molecular weight is 277 g/mol. The molecule has 0 aromatic carbocycles. The monoisotopic (exact) mass is 277 g/mol. The van der Waals surface area contributed by atoms with E-state index >= 15 is 0 Å². The van der Waals surface area contributed by atoms with Gasteiger partial charge in [-0.15, -0.1) is 0 Å². The molecule has 20 heavy (non-hydrogen) atoms. The van der Waals surface area contributed by atoms with E-state index in [9.17, 15) is 0 Å². The van der Waals surface area contributed by atoms with Gasteiger partial charge in [0.2, 0.25) is 0 Å². The molecule has 4 bridgehead atoms. The normalized spacial score (nSPS) is 51.0. The zero-order chi connectivity index (χ0) is 13.7. The largest absolute Gasteiger partial charge is 0.378 e. The van der Waals surface area contributed by atoms with Crippen LogP contribution < -0.4 is 5.32 Å². The lowest BCUT2D eigenvalue weighted by atomic mass is 9.48. The fourth-order valence-corrected chi connectivity index (χ4v) is 6.31. The van der Waals surface area contributed by atoms with Gasteiger partial charge in [0, 0.05) is 18.7 Å². The molecule has 5 aliphatic rings. The van der Waals surface area contributed by atoms with E-state index in [0.29, 0.717) is 11.5 Å². The van der Waals surface area contributed by atoms with Gasteiger partial charge in [0.15, 0.2) is 0 Å². The Morgan fingerprint density at radius 2 is 1.55 bits per heavy atom. The van der Waals surface area contributed by atoms with Crippen molar-refractivity contribution in [3.63, 3.8) is 0 Å². The van der Waals surface area contributed by atoms with Crippen molar-refractivity contribution < 1.29 is 4.74 Å². The first-order chi connectivity index (χ1) is 9.67. The Labute approximate surface area is 124 Å². The summed E-state index contributed by atoms with van der Waals surface area (Å²) in [6.45, 7) is 5.47. The van der Waals surface area contributed by atoms with E-state index < -0.39 is 0 Å². The summed E-state index contributed by atoms with van der Waals surface area (Å²) in [5.41, 5.74) is 0.658. The van der Waals surface area contributed by atoms with Crippen molar-refractivity contribution in [1.29, 1.82) is 0 Å². The lowest BCUT2D eigenvalue weighted by Gasteiger charge is -2.60. The van der Waals surface area contributed by atoms with E-state index in [0.717, 1.165) is 36.4 Å². The van der Waals surface area contributed by atoms with Crippen molar-refractivity contribution in [1.82, 2.24) is 5.32 Å². The first-order valence-corrected chi connectivity index (χ1v) is 9.04. The number of hydrogen-bond acceptors (Lipinski definition) is 2. The molecular weight excluding hydrogens is 246 g/mol. The summed E-state index contributed by atoms with van der Waals surface area (Å²) in [5.74, 6) is 3.22. The lowest BCUT2D eigenvalue weighted by Crippen LogP contribution is -2.59. The minimum atomic E-state index is 0.543. The molecule has 0 amide bonds. The predicted molar refractivity (Wildman–Crippen MR) is 81.6 cm³/mol. The highest BCUT2D eigenvalue weighted by Gasteiger charge is 2.53. The first-order valence-electron chi connectivity index (χ1n) is 9.04. The van der Waals surface area contributed by atoms with Crippen LogP contribution in [-0.2, 0) is 4.74 Å². The van der Waals surface area contributed by atoms with Gasteiger partial charge in [-0.2, -0.15) is 0 Å². The number of rotatable bonds is 5. The van der Waals surface area contributed by atoms with Gasteiger partial charge in [0.05, 0.1) is 6.10 Å². The molecule has 0 spiro atoms. The fraction of sp³-hybridized carbons (Fsp3) is 1.00. The molecule has 5 rings (SSSR count). The second-order valence-electron chi connectivity index (χ2n) is 8.41. The van der Waals surface area contributed by atoms with E-state index in [4.69, 9.17) is 4.74 Å². The number of nitrogens with one attached hydrogen (secondary N) is 1. The van der Waals surface area contributed by atoms with E-state index in [2.05, 4.69) is 19.2 Å². The Morgan fingerprint density at radius 1 is 1.00 bits per heavy atom. The second-order valence-corrected chi connectivity index (χ2v) is 8.41. The Morgan fingerprint density at radius 3 is 2.05 bits per heavy atom. The summed E-state index contributed by atoms with van der Waals surface area (Å²) < 4.78 is 5.70. The molecule has 5 aliphatic carbocycles. The molecule has 0 aliphatic heterocycles. The Balaban J connectivity index is 1.36. The highest BCUT2D eigenvalue weighted by atomic mass is 16.5. The Bertz CT molecular complexity index is 325. The van der Waals surface area contributed by atoms with Crippen LogP contribution in [0.25, 0.3) is 0 Å². The Kier molecular flexibility index (Phi) is 3.38. The molecule has 2 heteroatoms. The maximum Gasteiger partial charge on any atom is 0.0604 e. The zero-order valence-corrected chi connectivity index (χ0v) is 13.2. The predicted octanol–water partition coefficient (Wildman–Crippen LogP) is 3.75. The standard InChI is InChI=1S/C18H31NO/c1-3-20-17-7-16(8-17)19-12(2)18-9-13-4-14(10-18)6-15(5-13)11-18/h12-17,19H,3-11H2,1-2H3. The molecule has 114 valence electrons. The lowest BCUT2D eigenvalue weighted by molar-refractivity contribution is -0.0801. The van der Waals surface area contributed by atoms with Crippen LogP contribution in [0.15, 0.2) is 0 Å². The third kappa shape index (κ3) is 2.23. The smallest absolute Gasteiger partial charge is 0.0604 e. The van der Waals surface area contributed by atoms with Gasteiger partial charge in [-0.3, -0.25) is 0 Å². The van der Waals surface area contributed by atoms with E-state index in [1.807, 2.05) is 0 Å². The number of hydrogen-bond donors (Lipinski definition) is 1. The van der Waals surface area contributed by atoms with Crippen LogP contribution in [0.4, 0.5) is 0 Å². The summed E-state index contributed by atoms with van der Waals surface area (Å²) in [7, 11) is 0. The highest BCUT2D eigenvalue weighted by Crippen LogP contribution is 2.61. The van der Waals surface area contributed by atoms with Gasteiger partial charge in [-0.25, -0.2) is 0 Å². The van der Waals surface area contributed by atoms with Gasteiger partial charge >= 0.3 is 0 Å². The van der Waals surface area contributed by atoms with Crippen molar-refractivity contribution in [3.8, 4) is 0 Å². The van der Waals surface area contributed by atoms with Gasteiger partial charge < -0.3 is 10.1 Å². The average Bonchev–Trinajstić information content (AvgIpc) is 2.34. The summed E-state index contributed by atoms with van der Waals surface area (Å²) in [5, 5.41) is 3.98. The quantitative estimate of drug-likeness (QED) is 0.826. The van der Waals surface area contributed by atoms with Crippen molar-refractivity contribution >= 4 is 0 Å². The molecular formula is C18H31NO. The third-order valence-corrected chi connectivity index (χ3v) is 6.99. The van der Waals surface area contributed by atoms with Crippen molar-refractivity contribution in [3.05, 3.63) is 0 Å². The van der Waals surface area contributed by atoms with Crippen molar-refractivity contribution in [2.75, 3.05) is 6.61 Å². The highest BCUT2D eigenvalue weighted by molar-refractivity contribution is 5.06. The summed E-state index contributed by atoms with van der Waals surface area (Å²) in [6.07, 6.45) is 12.3. The van der Waals surface area contributed by atoms with E-state index in [-0.39, 0.29) is 0 Å². The summed E-state index contributed by atoms with van der Waals surface area (Å²) >= 11 is 0. The molecule has 0 heterocycles. The van der Waals surface area contributed by atoms with Crippen molar-refractivity contribution in [2.24, 2.45) is 23.2 Å². The minimum absolute atomic E-state index is 0.543. The van der Waals surface area contributed by atoms with Gasteiger partial charge in [0.25, 0.3) is 0 Å². The molecule has 1 atom stereocenters. The van der Waals surface area contributed by atoms with E-state index in [1.54, 1.807) is 19.3 Å². The molecule has 0 aromatic heterocycles. The van der Waals surface area contributed by atoms with Gasteiger partial charge in [-0.1, -0.05) is 0 Å². The van der Waals surface area contributed by atoms with Gasteiger partial charge in [0.1, 0.15) is 0 Å². The van der Waals surface area contributed by atoms with Crippen LogP contribution in [0, 0.1) is 23.2 Å². The van der Waals surface area contributed by atoms with Crippen LogP contribution in [0.5, 0.6) is 0 Å². The van der Waals surface area contributed by atoms with Crippen molar-refractivity contribution in [2.45, 2.75) is 83.4 Å². The Hall–Kier alpha value is -0.0800. The molecule has 2 nitrogen and oxygen atoms in total. The summed E-state index contributed by atoms with van der Waals surface area (Å²) in [6, 6.07) is 1.46. The van der Waals surface area contributed by atoms with E-state index in [1.165, 1.54) is 32.1 Å². The molecule has 0 radical (unpaired) electrons. The topological polar surface area (TPSA) is 21.3 Å². The fourth-order valence-electron chi connectivity index (χ4n) is 6.31. The first kappa shape index (κ1) is 13.6. The van der Waals surface area contributed by atoms with Crippen LogP contribution >= 0.6 is 0 Å². The van der Waals surface area contributed by atoms with Crippen LogP contribution in [-0.4, -0.2) is 24.8 Å². The van der Waals surface area contributed by atoms with Crippen LogP contribution in [0.3, 0.4) is 0 Å². The SMILES string of the molecule is CCOC1CC(NC(C)C23CC4CC(CC(C4)C2)C3)C1. The summed E-state index contributed by atoms with van der Waals surface area (Å²) in [4.78, 5) is 0. The molecule has 0 saturated heterocycles. The maximum absolute atomic E-state index is 5.70. The van der Waals surface area contributed by atoms with Crippen LogP contribution in [0.2, 0.25) is 0 Å². The third-order valence-electron chi connectivity index (χ3n) is 6.99. The molecule has 5 fully saturated rings. The zero-order valence-electron chi connectivity index (χ0n) is 13.2. The minimum Gasteiger partial charge on any atom is -0.378 e. The second kappa shape index (κ2) is 4.98. The molecule has 5 saturated carbocycles. The maximum atomic E-state index is 5.70. The van der Waals surface area contributed by atoms with Gasteiger partial charge in [-0.05, 0) is 88.4 Å². The van der Waals surface area contributed by atoms with Crippen LogP contribution in [0.1, 0.15) is 65.2 Å². The molecule has 0 aromatic rings. The number of ether oxygens (including phenoxy) is 1. The molecule has 1 N–H and O–H groups in total.